The number of hydrogen-bond acceptors (Lipinski definition) is 4. The number of thiocarbonyl (C=S) groups is 1. The summed E-state index contributed by atoms with van der Waals surface area (Å²) in [6.45, 7) is -0.160. The van der Waals surface area contributed by atoms with Crippen LogP contribution in [0.15, 0.2) is 53.4 Å². The number of rotatable bonds is 4. The first-order valence-electron chi connectivity index (χ1n) is 7.50. The fourth-order valence-electron chi connectivity index (χ4n) is 2.28. The number of thioether (sulfide) groups is 1. The van der Waals surface area contributed by atoms with Gasteiger partial charge in [-0.05, 0) is 30.3 Å². The zero-order valence-corrected chi connectivity index (χ0v) is 16.4. The Balaban J connectivity index is 1.75. The molecule has 0 spiro atoms. The highest BCUT2D eigenvalue weighted by Gasteiger charge is 2.33. The van der Waals surface area contributed by atoms with Gasteiger partial charge >= 0.3 is 0 Å². The largest absolute Gasteiger partial charge is 0.325 e. The molecular weight excluding hydrogens is 411 g/mol. The molecule has 3 rings (SSSR count). The number of halogens is 2. The molecule has 132 valence electrons. The molecule has 2 aromatic carbocycles. The maximum Gasteiger partial charge on any atom is 0.266 e. The third-order valence-electron chi connectivity index (χ3n) is 3.51. The summed E-state index contributed by atoms with van der Waals surface area (Å²) in [5.41, 5.74) is 1.20. The molecule has 1 aliphatic rings. The molecule has 0 unspecified atom stereocenters. The summed E-state index contributed by atoms with van der Waals surface area (Å²) in [6.07, 6.45) is 1.60. The van der Waals surface area contributed by atoms with E-state index in [2.05, 4.69) is 5.32 Å². The average Bonchev–Trinajstić information content (AvgIpc) is 2.86. The van der Waals surface area contributed by atoms with E-state index in [0.717, 1.165) is 11.8 Å². The van der Waals surface area contributed by atoms with Gasteiger partial charge in [-0.3, -0.25) is 14.5 Å². The van der Waals surface area contributed by atoms with Crippen molar-refractivity contribution in [2.24, 2.45) is 0 Å². The molecule has 0 saturated carbocycles. The molecule has 2 aromatic rings. The van der Waals surface area contributed by atoms with E-state index in [4.69, 9.17) is 35.4 Å². The summed E-state index contributed by atoms with van der Waals surface area (Å²) in [7, 11) is 0. The summed E-state index contributed by atoms with van der Waals surface area (Å²) in [6, 6.07) is 14.1. The first kappa shape index (κ1) is 18.9. The summed E-state index contributed by atoms with van der Waals surface area (Å²) in [5, 5.41) is 3.60. The van der Waals surface area contributed by atoms with Crippen molar-refractivity contribution < 1.29 is 9.59 Å². The van der Waals surface area contributed by atoms with Crippen LogP contribution >= 0.6 is 47.2 Å². The lowest BCUT2D eigenvalue weighted by Crippen LogP contribution is -2.36. The van der Waals surface area contributed by atoms with E-state index >= 15 is 0 Å². The van der Waals surface area contributed by atoms with Crippen LogP contribution in [0.1, 0.15) is 5.56 Å². The van der Waals surface area contributed by atoms with E-state index in [0.29, 0.717) is 30.5 Å². The van der Waals surface area contributed by atoms with Gasteiger partial charge in [-0.25, -0.2) is 0 Å². The molecule has 1 fully saturated rings. The number of carbonyl (C=O) groups excluding carboxylic acids is 2. The number of amides is 2. The highest BCUT2D eigenvalue weighted by Crippen LogP contribution is 2.35. The second kappa shape index (κ2) is 8.22. The summed E-state index contributed by atoms with van der Waals surface area (Å²) >= 11 is 18.6. The number of nitrogens with zero attached hydrogens (tertiary/aromatic N) is 1. The molecule has 0 atom stereocenters. The lowest BCUT2D eigenvalue weighted by Gasteiger charge is -2.14. The van der Waals surface area contributed by atoms with Crippen molar-refractivity contribution in [3.05, 3.63) is 69.0 Å². The molecule has 1 aliphatic heterocycles. The number of nitrogens with one attached hydrogen (secondary N) is 1. The molecule has 0 radical (unpaired) electrons. The number of benzene rings is 2. The highest BCUT2D eigenvalue weighted by molar-refractivity contribution is 8.26. The third kappa shape index (κ3) is 4.27. The van der Waals surface area contributed by atoms with Crippen LogP contribution in [0.25, 0.3) is 6.08 Å². The quantitative estimate of drug-likeness (QED) is 0.565. The van der Waals surface area contributed by atoms with E-state index in [1.807, 2.05) is 18.2 Å². The van der Waals surface area contributed by atoms with Crippen LogP contribution < -0.4 is 5.32 Å². The molecule has 1 N–H and O–H groups in total. The number of hydrogen-bond donors (Lipinski definition) is 1. The van der Waals surface area contributed by atoms with Gasteiger partial charge in [-0.15, -0.1) is 0 Å². The molecule has 2 amide bonds. The average molecular weight is 423 g/mol. The Morgan fingerprint density at radius 2 is 1.77 bits per heavy atom. The van der Waals surface area contributed by atoms with Gasteiger partial charge in [0.1, 0.15) is 10.9 Å². The maximum absolute atomic E-state index is 12.6. The van der Waals surface area contributed by atoms with E-state index in [1.54, 1.807) is 36.4 Å². The van der Waals surface area contributed by atoms with E-state index < -0.39 is 0 Å². The minimum atomic E-state index is -0.348. The van der Waals surface area contributed by atoms with Crippen molar-refractivity contribution in [3.8, 4) is 0 Å². The molecule has 0 bridgehead atoms. The maximum atomic E-state index is 12.6. The lowest BCUT2D eigenvalue weighted by atomic mass is 10.2. The van der Waals surface area contributed by atoms with Gasteiger partial charge in [-0.2, -0.15) is 0 Å². The lowest BCUT2D eigenvalue weighted by molar-refractivity contribution is -0.126. The molecule has 4 nitrogen and oxygen atoms in total. The Kier molecular flexibility index (Phi) is 5.98. The molecule has 0 aliphatic carbocycles. The van der Waals surface area contributed by atoms with Crippen molar-refractivity contribution in [3.63, 3.8) is 0 Å². The monoisotopic (exact) mass is 422 g/mol. The fourth-order valence-corrected chi connectivity index (χ4v) is 4.03. The number of carbonyl (C=O) groups is 2. The van der Waals surface area contributed by atoms with Crippen LogP contribution in [0.4, 0.5) is 5.69 Å². The second-order valence-electron chi connectivity index (χ2n) is 5.32. The van der Waals surface area contributed by atoms with Crippen LogP contribution in [-0.4, -0.2) is 27.6 Å². The Labute approximate surface area is 170 Å². The van der Waals surface area contributed by atoms with Gasteiger partial charge in [0.2, 0.25) is 5.91 Å². The second-order valence-corrected chi connectivity index (χ2v) is 7.81. The van der Waals surface area contributed by atoms with E-state index in [-0.39, 0.29) is 18.4 Å². The van der Waals surface area contributed by atoms with Crippen molar-refractivity contribution in [1.29, 1.82) is 0 Å². The van der Waals surface area contributed by atoms with E-state index in [9.17, 15) is 9.59 Å². The number of anilines is 1. The van der Waals surface area contributed by atoms with E-state index in [1.165, 1.54) is 4.90 Å². The Hall–Kier alpha value is -1.86. The van der Waals surface area contributed by atoms with Crippen molar-refractivity contribution >= 4 is 75.1 Å². The third-order valence-corrected chi connectivity index (χ3v) is 5.54. The first-order chi connectivity index (χ1) is 12.5. The van der Waals surface area contributed by atoms with Crippen molar-refractivity contribution in [1.82, 2.24) is 4.90 Å². The van der Waals surface area contributed by atoms with Gasteiger partial charge in [0, 0.05) is 21.3 Å². The zero-order chi connectivity index (χ0) is 18.7. The molecule has 26 heavy (non-hydrogen) atoms. The standard InChI is InChI=1S/C18H12Cl2N2O2S2/c19-13-7-4-8-14(20)12(13)9-15-17(24)22(18(25)26-15)10-16(23)21-11-5-2-1-3-6-11/h1-9H,10H2,(H,21,23)/b15-9-. The van der Waals surface area contributed by atoms with Gasteiger partial charge in [0.25, 0.3) is 5.91 Å². The molecule has 0 aromatic heterocycles. The predicted octanol–water partition coefficient (Wildman–Crippen LogP) is 4.83. The Morgan fingerprint density at radius 1 is 1.12 bits per heavy atom. The molecule has 8 heteroatoms. The topological polar surface area (TPSA) is 49.4 Å². The van der Waals surface area contributed by atoms with Crippen LogP contribution in [-0.2, 0) is 9.59 Å². The molecule has 1 heterocycles. The summed E-state index contributed by atoms with van der Waals surface area (Å²) in [5.74, 6) is -0.677. The predicted molar refractivity (Wildman–Crippen MR) is 111 cm³/mol. The van der Waals surface area contributed by atoms with Crippen molar-refractivity contribution in [2.75, 3.05) is 11.9 Å². The molecular formula is C18H12Cl2N2O2S2. The van der Waals surface area contributed by atoms with Crippen LogP contribution in [0.2, 0.25) is 10.0 Å². The Bertz CT molecular complexity index is 896. The van der Waals surface area contributed by atoms with Gasteiger partial charge < -0.3 is 5.32 Å². The number of para-hydroxylation sites is 1. The van der Waals surface area contributed by atoms with Gasteiger partial charge in [0.05, 0.1) is 4.91 Å². The molecule has 1 saturated heterocycles. The SMILES string of the molecule is O=C(CN1C(=O)/C(=C/c2c(Cl)cccc2Cl)SC1=S)Nc1ccccc1. The minimum absolute atomic E-state index is 0.160. The van der Waals surface area contributed by atoms with Gasteiger partial charge in [-0.1, -0.05) is 71.4 Å². The highest BCUT2D eigenvalue weighted by atomic mass is 35.5. The fraction of sp³-hybridized carbons (Fsp3) is 0.0556. The minimum Gasteiger partial charge on any atom is -0.325 e. The summed E-state index contributed by atoms with van der Waals surface area (Å²) < 4.78 is 0.313. The Morgan fingerprint density at radius 3 is 2.42 bits per heavy atom. The van der Waals surface area contributed by atoms with Crippen molar-refractivity contribution in [2.45, 2.75) is 0 Å². The van der Waals surface area contributed by atoms with Gasteiger partial charge in [0.15, 0.2) is 0 Å². The smallest absolute Gasteiger partial charge is 0.266 e. The van der Waals surface area contributed by atoms with Crippen LogP contribution in [0.5, 0.6) is 0 Å². The first-order valence-corrected chi connectivity index (χ1v) is 9.48. The zero-order valence-electron chi connectivity index (χ0n) is 13.2. The van der Waals surface area contributed by atoms with Crippen LogP contribution in [0, 0.1) is 0 Å². The van der Waals surface area contributed by atoms with Crippen LogP contribution in [0.3, 0.4) is 0 Å². The summed E-state index contributed by atoms with van der Waals surface area (Å²) in [4.78, 5) is 26.4. The normalized spacial score (nSPS) is 15.6.